The predicted molar refractivity (Wildman–Crippen MR) is 110 cm³/mol. The largest absolute Gasteiger partial charge is 0.297 e. The summed E-state index contributed by atoms with van der Waals surface area (Å²) in [4.78, 5) is 6.80. The van der Waals surface area contributed by atoms with E-state index < -0.39 is 0 Å². The molecule has 0 atom stereocenters. The molecule has 5 rings (SSSR count). The van der Waals surface area contributed by atoms with E-state index >= 15 is 0 Å². The lowest BCUT2D eigenvalue weighted by Gasteiger charge is -2.30. The maximum atomic E-state index is 6.06. The summed E-state index contributed by atoms with van der Waals surface area (Å²) in [6.45, 7) is 3.05. The molecular weight excluding hydrogens is 372 g/mol. The molecule has 142 valence electrons. The average Bonchev–Trinajstić information content (AvgIpc) is 3.37. The number of H-pyrrole nitrogens is 1. The van der Waals surface area contributed by atoms with E-state index in [9.17, 15) is 0 Å². The van der Waals surface area contributed by atoms with Gasteiger partial charge in [0.15, 0.2) is 0 Å². The third kappa shape index (κ3) is 3.30. The van der Waals surface area contributed by atoms with Gasteiger partial charge in [-0.2, -0.15) is 10.2 Å². The van der Waals surface area contributed by atoms with Crippen molar-refractivity contribution in [3.05, 3.63) is 71.4 Å². The monoisotopic (exact) mass is 392 g/mol. The van der Waals surface area contributed by atoms with Crippen LogP contribution < -0.4 is 0 Å². The molecule has 0 spiro atoms. The van der Waals surface area contributed by atoms with Crippen molar-refractivity contribution >= 4 is 22.5 Å². The topological polar surface area (TPSA) is 62.6 Å². The number of pyridine rings is 1. The highest BCUT2D eigenvalue weighted by Crippen LogP contribution is 2.33. The molecule has 1 saturated heterocycles. The summed E-state index contributed by atoms with van der Waals surface area (Å²) in [5, 5.41) is 14.0. The molecule has 0 amide bonds. The normalized spacial score (nSPS) is 16.0. The molecule has 0 saturated carbocycles. The van der Waals surface area contributed by atoms with E-state index in [4.69, 9.17) is 16.7 Å². The van der Waals surface area contributed by atoms with Crippen molar-refractivity contribution in [3.8, 4) is 5.69 Å². The summed E-state index contributed by atoms with van der Waals surface area (Å²) < 4.78 is 1.99. The summed E-state index contributed by atoms with van der Waals surface area (Å²) in [5.74, 6) is 0.455. The number of nitrogens with one attached hydrogen (secondary N) is 1. The number of benzene rings is 1. The van der Waals surface area contributed by atoms with Crippen LogP contribution in [0.3, 0.4) is 0 Å². The number of piperidine rings is 1. The van der Waals surface area contributed by atoms with Gasteiger partial charge in [-0.25, -0.2) is 4.68 Å². The first-order valence-electron chi connectivity index (χ1n) is 9.57. The summed E-state index contributed by atoms with van der Waals surface area (Å²) in [6.07, 6.45) is 7.76. The van der Waals surface area contributed by atoms with Crippen LogP contribution >= 0.6 is 11.6 Å². The Kier molecular flexibility index (Phi) is 4.58. The molecule has 1 N–H and O–H groups in total. The predicted octanol–water partition coefficient (Wildman–Crippen LogP) is 4.18. The van der Waals surface area contributed by atoms with Crippen LogP contribution in [-0.4, -0.2) is 43.0 Å². The van der Waals surface area contributed by atoms with Crippen LogP contribution in [0.25, 0.3) is 16.6 Å². The molecule has 0 radical (unpaired) electrons. The fourth-order valence-electron chi connectivity index (χ4n) is 4.05. The summed E-state index contributed by atoms with van der Waals surface area (Å²) in [7, 11) is 0. The number of halogens is 1. The number of hydrogen-bond acceptors (Lipinski definition) is 4. The van der Waals surface area contributed by atoms with Gasteiger partial charge in [-0.1, -0.05) is 11.6 Å². The number of aromatic nitrogens is 5. The molecule has 1 aliphatic heterocycles. The molecule has 28 heavy (non-hydrogen) atoms. The number of aromatic amines is 1. The van der Waals surface area contributed by atoms with E-state index in [0.29, 0.717) is 5.92 Å². The smallest absolute Gasteiger partial charge is 0.0927 e. The third-order valence-corrected chi connectivity index (χ3v) is 5.76. The van der Waals surface area contributed by atoms with E-state index in [2.05, 4.69) is 26.1 Å². The zero-order valence-corrected chi connectivity index (χ0v) is 16.2. The van der Waals surface area contributed by atoms with Crippen molar-refractivity contribution in [1.82, 2.24) is 29.9 Å². The quantitative estimate of drug-likeness (QED) is 0.566. The molecule has 1 fully saturated rings. The minimum atomic E-state index is 0.455. The Morgan fingerprint density at radius 2 is 1.86 bits per heavy atom. The lowest BCUT2D eigenvalue weighted by Crippen LogP contribution is -2.32. The second-order valence-electron chi connectivity index (χ2n) is 7.30. The van der Waals surface area contributed by atoms with Gasteiger partial charge in [0.25, 0.3) is 0 Å². The van der Waals surface area contributed by atoms with Crippen molar-refractivity contribution in [2.75, 3.05) is 13.1 Å². The molecule has 4 heterocycles. The van der Waals surface area contributed by atoms with Crippen LogP contribution in [0, 0.1) is 0 Å². The van der Waals surface area contributed by atoms with E-state index in [1.165, 1.54) is 16.8 Å². The first-order valence-corrected chi connectivity index (χ1v) is 9.95. The minimum absolute atomic E-state index is 0.455. The van der Waals surface area contributed by atoms with Crippen LogP contribution in [0.5, 0.6) is 0 Å². The van der Waals surface area contributed by atoms with Gasteiger partial charge < -0.3 is 0 Å². The highest BCUT2D eigenvalue weighted by Gasteiger charge is 2.25. The Bertz CT molecular complexity index is 1060. The van der Waals surface area contributed by atoms with Crippen molar-refractivity contribution < 1.29 is 0 Å². The first-order chi connectivity index (χ1) is 13.8. The van der Waals surface area contributed by atoms with Crippen LogP contribution in [0.4, 0.5) is 0 Å². The molecular formula is C21H21ClN6. The number of likely N-dealkylation sites (tertiary alicyclic amines) is 1. The van der Waals surface area contributed by atoms with Gasteiger partial charge in [0.1, 0.15) is 0 Å². The Morgan fingerprint density at radius 1 is 1.04 bits per heavy atom. The molecule has 0 unspecified atom stereocenters. The zero-order valence-electron chi connectivity index (χ0n) is 15.4. The average molecular weight is 393 g/mol. The van der Waals surface area contributed by atoms with Gasteiger partial charge in [0.05, 0.1) is 23.1 Å². The fraction of sp³-hybridized carbons (Fsp3) is 0.286. The Morgan fingerprint density at radius 3 is 2.61 bits per heavy atom. The van der Waals surface area contributed by atoms with E-state index in [-0.39, 0.29) is 0 Å². The molecule has 0 aliphatic carbocycles. The number of hydrogen-bond donors (Lipinski definition) is 1. The van der Waals surface area contributed by atoms with E-state index in [1.807, 2.05) is 53.6 Å². The maximum absolute atomic E-state index is 6.06. The van der Waals surface area contributed by atoms with Gasteiger partial charge in [0.2, 0.25) is 0 Å². The Balaban J connectivity index is 1.41. The second kappa shape index (κ2) is 7.37. The summed E-state index contributed by atoms with van der Waals surface area (Å²) in [5.41, 5.74) is 4.39. The fourth-order valence-corrected chi connectivity index (χ4v) is 4.17. The van der Waals surface area contributed by atoms with Crippen molar-refractivity contribution in [3.63, 3.8) is 0 Å². The molecule has 4 aromatic rings. The van der Waals surface area contributed by atoms with Crippen LogP contribution in [0.2, 0.25) is 5.02 Å². The van der Waals surface area contributed by atoms with Gasteiger partial charge >= 0.3 is 0 Å². The standard InChI is InChI=1S/C21H21ClN6/c22-16-1-3-18(4-2-16)28-20-13-23-9-6-19(20)21(26-28)15-7-11-27(12-8-15)14-17-5-10-24-25-17/h1-6,9-10,13,15H,7-8,11-12,14H2,(H,24,25). The van der Waals surface area contributed by atoms with Gasteiger partial charge in [-0.15, -0.1) is 0 Å². The van der Waals surface area contributed by atoms with Gasteiger partial charge in [-0.3, -0.25) is 15.0 Å². The number of fused-ring (bicyclic) bond motifs is 1. The summed E-state index contributed by atoms with van der Waals surface area (Å²) >= 11 is 6.06. The van der Waals surface area contributed by atoms with Crippen molar-refractivity contribution in [2.45, 2.75) is 25.3 Å². The highest BCUT2D eigenvalue weighted by atomic mass is 35.5. The van der Waals surface area contributed by atoms with E-state index in [1.54, 1.807) is 0 Å². The molecule has 3 aromatic heterocycles. The van der Waals surface area contributed by atoms with Crippen LogP contribution in [0.1, 0.15) is 30.1 Å². The number of rotatable bonds is 4. The SMILES string of the molecule is Clc1ccc(-n2nc(C3CCN(Cc4ccn[nH]4)CC3)c3ccncc32)cc1. The molecule has 0 bridgehead atoms. The van der Waals surface area contributed by atoms with E-state index in [0.717, 1.165) is 48.7 Å². The molecule has 1 aliphatic rings. The Labute approximate surface area is 168 Å². The van der Waals surface area contributed by atoms with Gasteiger partial charge in [0, 0.05) is 41.0 Å². The maximum Gasteiger partial charge on any atom is 0.0927 e. The van der Waals surface area contributed by atoms with Crippen molar-refractivity contribution in [2.24, 2.45) is 0 Å². The lowest BCUT2D eigenvalue weighted by molar-refractivity contribution is 0.201. The van der Waals surface area contributed by atoms with Crippen molar-refractivity contribution in [1.29, 1.82) is 0 Å². The van der Waals surface area contributed by atoms with Crippen LogP contribution in [0.15, 0.2) is 55.0 Å². The highest BCUT2D eigenvalue weighted by molar-refractivity contribution is 6.30. The molecule has 1 aromatic carbocycles. The first kappa shape index (κ1) is 17.4. The lowest BCUT2D eigenvalue weighted by atomic mass is 9.92. The summed E-state index contributed by atoms with van der Waals surface area (Å²) in [6, 6.07) is 11.9. The third-order valence-electron chi connectivity index (χ3n) is 5.51. The minimum Gasteiger partial charge on any atom is -0.297 e. The van der Waals surface area contributed by atoms with Gasteiger partial charge in [-0.05, 0) is 62.3 Å². The zero-order chi connectivity index (χ0) is 18.9. The second-order valence-corrected chi connectivity index (χ2v) is 7.74. The Hall–Kier alpha value is -2.70. The molecule has 6 nitrogen and oxygen atoms in total. The van der Waals surface area contributed by atoms with Crippen LogP contribution in [-0.2, 0) is 6.54 Å². The number of nitrogens with zero attached hydrogens (tertiary/aromatic N) is 5. The molecule has 7 heteroatoms.